The Morgan fingerprint density at radius 1 is 1.00 bits per heavy atom. The van der Waals surface area contributed by atoms with E-state index in [1.165, 1.54) is 25.7 Å². The summed E-state index contributed by atoms with van der Waals surface area (Å²) in [4.78, 5) is 24.5. The highest BCUT2D eigenvalue weighted by atomic mass is 32.2. The first kappa shape index (κ1) is 22.3. The molecule has 162 valence electrons. The lowest BCUT2D eigenvalue weighted by atomic mass is 10.3. The van der Waals surface area contributed by atoms with Gasteiger partial charge >= 0.3 is 5.97 Å². The molecule has 3 aromatic rings. The lowest BCUT2D eigenvalue weighted by Crippen LogP contribution is -2.38. The number of sulfonamides is 1. The maximum Gasteiger partial charge on any atom is 0.349 e. The second-order valence-electron chi connectivity index (χ2n) is 6.23. The van der Waals surface area contributed by atoms with E-state index in [0.29, 0.717) is 11.4 Å². The van der Waals surface area contributed by atoms with Crippen LogP contribution in [0.15, 0.2) is 70.9 Å². The molecule has 2 aromatic carbocycles. The van der Waals surface area contributed by atoms with Gasteiger partial charge in [-0.15, -0.1) is 11.3 Å². The number of nitrogens with zero attached hydrogens (tertiary/aromatic N) is 1. The zero-order valence-corrected chi connectivity index (χ0v) is 18.4. The van der Waals surface area contributed by atoms with Gasteiger partial charge in [0.1, 0.15) is 22.1 Å². The predicted molar refractivity (Wildman–Crippen MR) is 118 cm³/mol. The van der Waals surface area contributed by atoms with Gasteiger partial charge in [0.15, 0.2) is 0 Å². The molecule has 0 saturated heterocycles. The van der Waals surface area contributed by atoms with Gasteiger partial charge in [-0.1, -0.05) is 18.2 Å². The zero-order valence-electron chi connectivity index (χ0n) is 16.8. The zero-order chi connectivity index (χ0) is 22.4. The molecular formula is C21H20N2O6S2. The first-order valence-electron chi connectivity index (χ1n) is 9.04. The van der Waals surface area contributed by atoms with Crippen LogP contribution < -0.4 is 14.4 Å². The van der Waals surface area contributed by atoms with Gasteiger partial charge in [0, 0.05) is 5.69 Å². The molecule has 0 aliphatic carbocycles. The van der Waals surface area contributed by atoms with Gasteiger partial charge < -0.3 is 14.8 Å². The van der Waals surface area contributed by atoms with Crippen molar-refractivity contribution in [3.8, 4) is 5.75 Å². The number of benzene rings is 2. The van der Waals surface area contributed by atoms with Gasteiger partial charge in [-0.2, -0.15) is 0 Å². The number of esters is 1. The minimum Gasteiger partial charge on any atom is -0.497 e. The van der Waals surface area contributed by atoms with Gasteiger partial charge in [-0.25, -0.2) is 13.2 Å². The molecule has 1 N–H and O–H groups in total. The summed E-state index contributed by atoms with van der Waals surface area (Å²) >= 11 is 0.954. The first-order valence-corrected chi connectivity index (χ1v) is 11.4. The van der Waals surface area contributed by atoms with Crippen LogP contribution >= 0.6 is 11.3 Å². The van der Waals surface area contributed by atoms with Crippen molar-refractivity contribution in [3.63, 3.8) is 0 Å². The monoisotopic (exact) mass is 460 g/mol. The van der Waals surface area contributed by atoms with Crippen LogP contribution in [0.25, 0.3) is 0 Å². The molecule has 0 atom stereocenters. The minimum absolute atomic E-state index is 0.0565. The third-order valence-electron chi connectivity index (χ3n) is 4.27. The number of amides is 1. The van der Waals surface area contributed by atoms with Crippen LogP contribution in [0.3, 0.4) is 0 Å². The third-order valence-corrected chi connectivity index (χ3v) is 7.11. The third kappa shape index (κ3) is 5.04. The predicted octanol–water partition coefficient (Wildman–Crippen LogP) is 3.38. The van der Waals surface area contributed by atoms with Crippen molar-refractivity contribution in [1.29, 1.82) is 0 Å². The molecule has 8 nitrogen and oxygen atoms in total. The van der Waals surface area contributed by atoms with E-state index in [1.807, 2.05) is 0 Å². The maximum atomic E-state index is 13.4. The van der Waals surface area contributed by atoms with E-state index in [-0.39, 0.29) is 15.5 Å². The van der Waals surface area contributed by atoms with Crippen molar-refractivity contribution >= 4 is 44.6 Å². The number of hydrogen-bond acceptors (Lipinski definition) is 7. The molecule has 1 amide bonds. The fourth-order valence-corrected chi connectivity index (χ4v) is 5.51. The number of nitrogens with one attached hydrogen (secondary N) is 1. The Morgan fingerprint density at radius 2 is 1.68 bits per heavy atom. The summed E-state index contributed by atoms with van der Waals surface area (Å²) in [5, 5.41) is 4.16. The van der Waals surface area contributed by atoms with Gasteiger partial charge in [-0.05, 0) is 47.8 Å². The van der Waals surface area contributed by atoms with Gasteiger partial charge in [-0.3, -0.25) is 9.10 Å². The van der Waals surface area contributed by atoms with Crippen molar-refractivity contribution in [1.82, 2.24) is 0 Å². The topological polar surface area (TPSA) is 102 Å². The number of carbonyl (C=O) groups excluding carboxylic acids is 2. The number of methoxy groups -OCH3 is 2. The molecule has 0 bridgehead atoms. The van der Waals surface area contributed by atoms with E-state index in [4.69, 9.17) is 9.47 Å². The molecule has 3 rings (SSSR count). The summed E-state index contributed by atoms with van der Waals surface area (Å²) in [6.45, 7) is -0.491. The second kappa shape index (κ2) is 9.63. The van der Waals surface area contributed by atoms with Crippen molar-refractivity contribution in [2.24, 2.45) is 0 Å². The van der Waals surface area contributed by atoms with E-state index < -0.39 is 28.4 Å². The average Bonchev–Trinajstić information content (AvgIpc) is 3.29. The lowest BCUT2D eigenvalue weighted by molar-refractivity contribution is -0.114. The van der Waals surface area contributed by atoms with Crippen LogP contribution in [0.2, 0.25) is 0 Å². The summed E-state index contributed by atoms with van der Waals surface area (Å²) < 4.78 is 37.6. The Bertz CT molecular complexity index is 1160. The van der Waals surface area contributed by atoms with Gasteiger partial charge in [0.2, 0.25) is 5.91 Å². The number of ether oxygens (including phenoxy) is 2. The van der Waals surface area contributed by atoms with Crippen LogP contribution in [0.5, 0.6) is 5.75 Å². The SMILES string of the molecule is COC(=O)c1sccc1S(=O)(=O)N(CC(=O)Nc1ccc(OC)cc1)c1ccccc1. The van der Waals surface area contributed by atoms with Gasteiger partial charge in [0.25, 0.3) is 10.0 Å². The molecule has 0 unspecified atom stereocenters. The Labute approximate surface area is 184 Å². The largest absolute Gasteiger partial charge is 0.497 e. The minimum atomic E-state index is -4.23. The molecule has 1 aromatic heterocycles. The highest BCUT2D eigenvalue weighted by Crippen LogP contribution is 2.29. The highest BCUT2D eigenvalue weighted by molar-refractivity contribution is 7.93. The Morgan fingerprint density at radius 3 is 2.29 bits per heavy atom. The number of para-hydroxylation sites is 1. The average molecular weight is 461 g/mol. The van der Waals surface area contributed by atoms with Crippen LogP contribution in [0.4, 0.5) is 11.4 Å². The Kier molecular flexibility index (Phi) is 6.93. The van der Waals surface area contributed by atoms with E-state index in [9.17, 15) is 18.0 Å². The van der Waals surface area contributed by atoms with Crippen LogP contribution in [0, 0.1) is 0 Å². The summed E-state index contributed by atoms with van der Waals surface area (Å²) in [6, 6.07) is 16.2. The van der Waals surface area contributed by atoms with E-state index in [0.717, 1.165) is 15.6 Å². The van der Waals surface area contributed by atoms with Crippen molar-refractivity contribution in [2.75, 3.05) is 30.4 Å². The Hall–Kier alpha value is -3.37. The number of carbonyl (C=O) groups is 2. The smallest absolute Gasteiger partial charge is 0.349 e. The van der Waals surface area contributed by atoms with E-state index in [2.05, 4.69) is 5.32 Å². The molecule has 0 saturated carbocycles. The molecule has 0 spiro atoms. The normalized spacial score (nSPS) is 10.9. The summed E-state index contributed by atoms with van der Waals surface area (Å²) in [5.74, 6) is -0.684. The van der Waals surface area contributed by atoms with Gasteiger partial charge in [0.05, 0.1) is 19.9 Å². The fourth-order valence-electron chi connectivity index (χ4n) is 2.78. The van der Waals surface area contributed by atoms with Crippen molar-refractivity contribution in [3.05, 3.63) is 70.9 Å². The van der Waals surface area contributed by atoms with E-state index in [1.54, 1.807) is 54.6 Å². The lowest BCUT2D eigenvalue weighted by Gasteiger charge is -2.24. The number of thiophene rings is 1. The molecule has 10 heteroatoms. The molecule has 0 aliphatic heterocycles. The number of rotatable bonds is 8. The molecule has 0 fully saturated rings. The second-order valence-corrected chi connectivity index (χ2v) is 8.98. The number of anilines is 2. The molecule has 1 heterocycles. The van der Waals surface area contributed by atoms with Crippen LogP contribution in [-0.4, -0.2) is 41.1 Å². The summed E-state index contributed by atoms with van der Waals surface area (Å²) in [5.41, 5.74) is 0.774. The van der Waals surface area contributed by atoms with E-state index >= 15 is 0 Å². The standard InChI is InChI=1S/C21H20N2O6S2/c1-28-17-10-8-15(9-11-17)22-19(24)14-23(16-6-4-3-5-7-16)31(26,27)18-12-13-30-20(18)21(25)29-2/h3-13H,14H2,1-2H3,(H,22,24). The first-order chi connectivity index (χ1) is 14.9. The molecular weight excluding hydrogens is 440 g/mol. The summed E-state index contributed by atoms with van der Waals surface area (Å²) in [6.07, 6.45) is 0. The van der Waals surface area contributed by atoms with Crippen molar-refractivity contribution < 1.29 is 27.5 Å². The molecule has 0 aliphatic rings. The van der Waals surface area contributed by atoms with Crippen LogP contribution in [0.1, 0.15) is 9.67 Å². The molecule has 0 radical (unpaired) electrons. The Balaban J connectivity index is 1.93. The highest BCUT2D eigenvalue weighted by Gasteiger charge is 2.32. The van der Waals surface area contributed by atoms with Crippen molar-refractivity contribution in [2.45, 2.75) is 4.90 Å². The molecule has 31 heavy (non-hydrogen) atoms. The fraction of sp³-hybridized carbons (Fsp3) is 0.143. The number of hydrogen-bond donors (Lipinski definition) is 1. The summed E-state index contributed by atoms with van der Waals surface area (Å²) in [7, 11) is -1.53. The maximum absolute atomic E-state index is 13.4. The quantitative estimate of drug-likeness (QED) is 0.517. The van der Waals surface area contributed by atoms with Crippen LogP contribution in [-0.2, 0) is 19.6 Å².